The Labute approximate surface area is 265 Å². The van der Waals surface area contributed by atoms with E-state index in [1.807, 2.05) is 4.90 Å². The van der Waals surface area contributed by atoms with Crippen molar-refractivity contribution in [3.8, 4) is 12.1 Å². The predicted octanol–water partition coefficient (Wildman–Crippen LogP) is 4.48. The van der Waals surface area contributed by atoms with Gasteiger partial charge >= 0.3 is 12.2 Å². The molecule has 14 heteroatoms. The number of alkyl halides is 3. The predicted molar refractivity (Wildman–Crippen MR) is 162 cm³/mol. The summed E-state index contributed by atoms with van der Waals surface area (Å²) in [6.07, 6.45) is 3.85. The van der Waals surface area contributed by atoms with Crippen LogP contribution in [0.1, 0.15) is 48.9 Å². The Kier molecular flexibility index (Phi) is 8.81. The van der Waals surface area contributed by atoms with E-state index < -0.39 is 16.8 Å². The van der Waals surface area contributed by atoms with E-state index >= 15 is 0 Å². The molecule has 0 radical (unpaired) electrons. The fourth-order valence-electron chi connectivity index (χ4n) is 6.76. The average molecular weight is 645 g/mol. The van der Waals surface area contributed by atoms with Crippen LogP contribution in [0.5, 0.6) is 6.01 Å². The molecule has 4 aliphatic rings. The molecule has 0 unspecified atom stereocenters. The number of hydrogen-bond donors (Lipinski definition) is 0. The lowest BCUT2D eigenvalue weighted by Gasteiger charge is -2.42. The number of anilines is 2. The molecule has 0 bridgehead atoms. The Morgan fingerprint density at radius 3 is 2.62 bits per heavy atom. The number of pyridine rings is 1. The number of aromatic nitrogens is 3. The van der Waals surface area contributed by atoms with Crippen molar-refractivity contribution in [3.05, 3.63) is 46.9 Å². The zero-order valence-electron chi connectivity index (χ0n) is 25.0. The first-order valence-corrected chi connectivity index (χ1v) is 15.7. The number of carbonyl (C=O) groups is 1. The van der Waals surface area contributed by atoms with Crippen LogP contribution in [0.4, 0.5) is 24.7 Å². The van der Waals surface area contributed by atoms with E-state index in [0.717, 1.165) is 44.2 Å². The third-order valence-corrected chi connectivity index (χ3v) is 9.60. The van der Waals surface area contributed by atoms with Crippen LogP contribution in [0.25, 0.3) is 0 Å². The fraction of sp³-hybridized carbons (Fsp3) is 0.581. The molecule has 240 valence electrons. The van der Waals surface area contributed by atoms with Gasteiger partial charge in [0.2, 0.25) is 5.91 Å². The second-order valence-corrected chi connectivity index (χ2v) is 12.8. The van der Waals surface area contributed by atoms with Crippen LogP contribution < -0.4 is 14.5 Å². The molecule has 6 rings (SSSR count). The second-order valence-electron chi connectivity index (χ2n) is 12.4. The maximum absolute atomic E-state index is 14.1. The molecule has 5 heterocycles. The molecule has 3 aliphatic heterocycles. The highest BCUT2D eigenvalue weighted by Gasteiger charge is 2.45. The second kappa shape index (κ2) is 12.6. The van der Waals surface area contributed by atoms with Crippen LogP contribution in [0.3, 0.4) is 0 Å². The summed E-state index contributed by atoms with van der Waals surface area (Å²) in [7, 11) is 0. The largest absolute Gasteiger partial charge is 0.463 e. The van der Waals surface area contributed by atoms with Crippen molar-refractivity contribution in [2.45, 2.75) is 57.3 Å². The van der Waals surface area contributed by atoms with Gasteiger partial charge in [-0.1, -0.05) is 18.2 Å². The Bertz CT molecular complexity index is 1490. The number of hydrogen-bond acceptors (Lipinski definition) is 9. The van der Waals surface area contributed by atoms with Gasteiger partial charge in [-0.2, -0.15) is 28.4 Å². The number of amides is 1. The van der Waals surface area contributed by atoms with Crippen molar-refractivity contribution in [2.24, 2.45) is 5.41 Å². The van der Waals surface area contributed by atoms with Gasteiger partial charge in [-0.3, -0.25) is 9.78 Å². The normalized spacial score (nSPS) is 21.3. The number of ether oxygens (including phenoxy) is 1. The van der Waals surface area contributed by atoms with E-state index in [2.05, 4.69) is 22.5 Å². The first-order chi connectivity index (χ1) is 21.6. The Balaban J connectivity index is 1.31. The first kappa shape index (κ1) is 31.4. The van der Waals surface area contributed by atoms with Gasteiger partial charge in [-0.05, 0) is 51.3 Å². The summed E-state index contributed by atoms with van der Waals surface area (Å²) in [6, 6.07) is 1.99. The van der Waals surface area contributed by atoms with Gasteiger partial charge in [0.05, 0.1) is 54.3 Å². The molecule has 2 saturated heterocycles. The van der Waals surface area contributed by atoms with E-state index in [0.29, 0.717) is 44.2 Å². The van der Waals surface area contributed by atoms with Crippen molar-refractivity contribution < 1.29 is 22.7 Å². The zero-order chi connectivity index (χ0) is 31.8. The van der Waals surface area contributed by atoms with Crippen LogP contribution >= 0.6 is 11.6 Å². The summed E-state index contributed by atoms with van der Waals surface area (Å²) in [5.74, 6) is 0.399. The molecule has 0 N–H and O–H groups in total. The van der Waals surface area contributed by atoms with E-state index in [1.54, 1.807) is 9.80 Å². The molecule has 0 spiro atoms. The maximum Gasteiger partial charge on any atom is 0.419 e. The summed E-state index contributed by atoms with van der Waals surface area (Å²) in [5.41, 5.74) is 0.419. The summed E-state index contributed by atoms with van der Waals surface area (Å²) in [4.78, 5) is 33.8. The molecule has 45 heavy (non-hydrogen) atoms. The quantitative estimate of drug-likeness (QED) is 0.366. The monoisotopic (exact) mass is 644 g/mol. The highest BCUT2D eigenvalue weighted by atomic mass is 35.5. The molecule has 0 aromatic carbocycles. The molecule has 2 aromatic rings. The van der Waals surface area contributed by atoms with Crippen LogP contribution in [0, 0.1) is 16.7 Å². The molecule has 1 saturated carbocycles. The highest BCUT2D eigenvalue weighted by molar-refractivity contribution is 6.31. The van der Waals surface area contributed by atoms with Crippen molar-refractivity contribution in [1.82, 2.24) is 24.8 Å². The number of nitriles is 1. The summed E-state index contributed by atoms with van der Waals surface area (Å²) in [6.45, 7) is 8.78. The first-order valence-electron chi connectivity index (χ1n) is 15.4. The van der Waals surface area contributed by atoms with E-state index in [9.17, 15) is 23.2 Å². The maximum atomic E-state index is 14.1. The summed E-state index contributed by atoms with van der Waals surface area (Å²) < 4.78 is 48.5. The minimum atomic E-state index is -4.66. The number of likely N-dealkylation sites (tertiary alicyclic amines) is 1. The molecule has 10 nitrogen and oxygen atoms in total. The van der Waals surface area contributed by atoms with E-state index in [-0.39, 0.29) is 48.6 Å². The minimum Gasteiger partial charge on any atom is -0.463 e. The van der Waals surface area contributed by atoms with Crippen molar-refractivity contribution in [3.63, 3.8) is 0 Å². The van der Waals surface area contributed by atoms with Gasteiger partial charge in [0.25, 0.3) is 0 Å². The number of piperazine rings is 1. The molecule has 2 aromatic heterocycles. The van der Waals surface area contributed by atoms with Crippen LogP contribution in [-0.4, -0.2) is 89.1 Å². The molecular weight excluding hydrogens is 609 g/mol. The Hall–Kier alpha value is -3.63. The van der Waals surface area contributed by atoms with Gasteiger partial charge in [0.15, 0.2) is 0 Å². The number of carbonyl (C=O) groups excluding carboxylic acids is 1. The molecule has 3 fully saturated rings. The summed E-state index contributed by atoms with van der Waals surface area (Å²) >= 11 is 6.00. The van der Waals surface area contributed by atoms with E-state index in [1.165, 1.54) is 25.1 Å². The van der Waals surface area contributed by atoms with Crippen LogP contribution in [0.2, 0.25) is 5.02 Å². The van der Waals surface area contributed by atoms with Gasteiger partial charge < -0.3 is 24.3 Å². The Morgan fingerprint density at radius 1 is 1.16 bits per heavy atom. The third kappa shape index (κ3) is 6.67. The highest BCUT2D eigenvalue weighted by Crippen LogP contribution is 2.47. The third-order valence-electron chi connectivity index (χ3n) is 9.32. The SMILES string of the molecule is C=CC(=O)N1CCN(c2nc(OCC3(CN4CCCC4)CC3)nc3c2CCN(c2cncc(Cl)c2C(F)(F)F)C3)C[C@@H]1CC#N. The van der Waals surface area contributed by atoms with Crippen molar-refractivity contribution in [2.75, 3.05) is 62.2 Å². The van der Waals surface area contributed by atoms with Gasteiger partial charge in [0, 0.05) is 49.9 Å². The fourth-order valence-corrected chi connectivity index (χ4v) is 7.02. The van der Waals surface area contributed by atoms with E-state index in [4.69, 9.17) is 26.3 Å². The average Bonchev–Trinajstić information content (AvgIpc) is 3.59. The topological polar surface area (TPSA) is 102 Å². The zero-order valence-corrected chi connectivity index (χ0v) is 25.8. The Morgan fingerprint density at radius 2 is 1.93 bits per heavy atom. The number of fused-ring (bicyclic) bond motifs is 1. The molecule has 1 amide bonds. The lowest BCUT2D eigenvalue weighted by atomic mass is 10.0. The van der Waals surface area contributed by atoms with Gasteiger partial charge in [-0.15, -0.1) is 0 Å². The lowest BCUT2D eigenvalue weighted by Crippen LogP contribution is -2.55. The lowest BCUT2D eigenvalue weighted by molar-refractivity contribution is -0.137. The molecular formula is C31H36ClF3N8O2. The number of halogens is 4. The van der Waals surface area contributed by atoms with Crippen LogP contribution in [-0.2, 0) is 23.9 Å². The van der Waals surface area contributed by atoms with Crippen LogP contribution in [0.15, 0.2) is 25.0 Å². The summed E-state index contributed by atoms with van der Waals surface area (Å²) in [5, 5.41) is 9.04. The van der Waals surface area contributed by atoms with Gasteiger partial charge in [-0.25, -0.2) is 0 Å². The van der Waals surface area contributed by atoms with Crippen molar-refractivity contribution in [1.29, 1.82) is 5.26 Å². The number of nitrogens with zero attached hydrogens (tertiary/aromatic N) is 8. The number of rotatable bonds is 9. The van der Waals surface area contributed by atoms with Crippen molar-refractivity contribution >= 4 is 29.0 Å². The molecule has 1 atom stereocenters. The minimum absolute atomic E-state index is 0.0540. The standard InChI is InChI=1S/C31H36ClF3N8O2/c1-2-26(44)43-14-13-42(17-21(43)5-9-36)28-22-6-12-41(25-16-37-15-23(32)27(25)31(33,34)35)18-24(22)38-29(39-28)45-20-30(7-8-30)19-40-10-3-4-11-40/h2,15-16,21H,1,3-8,10-14,17-20H2/t21-/m0/s1. The van der Waals surface area contributed by atoms with Gasteiger partial charge in [0.1, 0.15) is 11.4 Å². The smallest absolute Gasteiger partial charge is 0.419 e. The molecule has 1 aliphatic carbocycles.